The van der Waals surface area contributed by atoms with Crippen LogP contribution in [0.2, 0.25) is 10.0 Å². The van der Waals surface area contributed by atoms with E-state index >= 15 is 0 Å². The van der Waals surface area contributed by atoms with Gasteiger partial charge in [0.25, 0.3) is 0 Å². The molecule has 1 aromatic carbocycles. The van der Waals surface area contributed by atoms with Crippen LogP contribution in [0.5, 0.6) is 5.75 Å². The molecule has 3 rings (SSSR count). The van der Waals surface area contributed by atoms with Gasteiger partial charge >= 0.3 is 5.97 Å². The van der Waals surface area contributed by atoms with Gasteiger partial charge in [-0.1, -0.05) is 23.2 Å². The molecule has 1 N–H and O–H groups in total. The molecule has 122 valence electrons. The van der Waals surface area contributed by atoms with Gasteiger partial charge in [-0.15, -0.1) is 5.10 Å². The normalized spacial score (nSPS) is 10.8. The van der Waals surface area contributed by atoms with Gasteiger partial charge in [0, 0.05) is 29.6 Å². The van der Waals surface area contributed by atoms with Gasteiger partial charge in [-0.05, 0) is 23.8 Å². The molecule has 0 aliphatic rings. The lowest BCUT2D eigenvalue weighted by Gasteiger charge is -2.10. The first-order valence-corrected chi connectivity index (χ1v) is 7.61. The predicted molar refractivity (Wildman–Crippen MR) is 90.1 cm³/mol. The van der Waals surface area contributed by atoms with Crippen molar-refractivity contribution in [3.63, 3.8) is 0 Å². The number of halogens is 2. The number of aromatic carboxylic acids is 1. The van der Waals surface area contributed by atoms with Crippen LogP contribution in [-0.2, 0) is 6.42 Å². The average Bonchev–Trinajstić information content (AvgIpc) is 2.57. The van der Waals surface area contributed by atoms with Gasteiger partial charge in [-0.2, -0.15) is 5.10 Å². The van der Waals surface area contributed by atoms with Crippen LogP contribution in [0.25, 0.3) is 10.8 Å². The largest absolute Gasteiger partial charge is 0.497 e. The highest BCUT2D eigenvalue weighted by Crippen LogP contribution is 2.30. The van der Waals surface area contributed by atoms with Crippen LogP contribution in [0.4, 0.5) is 0 Å². The van der Waals surface area contributed by atoms with E-state index in [1.165, 1.54) is 19.5 Å². The summed E-state index contributed by atoms with van der Waals surface area (Å²) in [5.74, 6) is -0.629. The third kappa shape index (κ3) is 2.98. The van der Waals surface area contributed by atoms with E-state index in [1.807, 2.05) is 0 Å². The highest BCUT2D eigenvalue weighted by Gasteiger charge is 2.17. The van der Waals surface area contributed by atoms with Crippen LogP contribution in [0.3, 0.4) is 0 Å². The molecule has 0 fully saturated rings. The Balaban J connectivity index is 2.19. The Morgan fingerprint density at radius 2 is 1.88 bits per heavy atom. The zero-order valence-electron chi connectivity index (χ0n) is 12.5. The van der Waals surface area contributed by atoms with E-state index in [9.17, 15) is 9.90 Å². The lowest BCUT2D eigenvalue weighted by molar-refractivity contribution is 0.0691. The summed E-state index contributed by atoms with van der Waals surface area (Å²) in [5.41, 5.74) is 1.08. The smallest absolute Gasteiger partial charge is 0.357 e. The minimum absolute atomic E-state index is 0.139. The fourth-order valence-corrected chi connectivity index (χ4v) is 2.88. The summed E-state index contributed by atoms with van der Waals surface area (Å²) in [6, 6.07) is 5.09. The topological polar surface area (TPSA) is 85.2 Å². The van der Waals surface area contributed by atoms with Crippen molar-refractivity contribution in [2.75, 3.05) is 7.11 Å². The second kappa shape index (κ2) is 6.59. The molecule has 2 aromatic heterocycles. The Morgan fingerprint density at radius 1 is 1.17 bits per heavy atom. The van der Waals surface area contributed by atoms with Crippen molar-refractivity contribution in [3.8, 4) is 5.75 Å². The van der Waals surface area contributed by atoms with Crippen LogP contribution in [0.15, 0.2) is 30.6 Å². The fraction of sp³-hybridized carbons (Fsp3) is 0.125. The molecule has 6 nitrogen and oxygen atoms in total. The second-order valence-electron chi connectivity index (χ2n) is 4.97. The van der Waals surface area contributed by atoms with E-state index in [-0.39, 0.29) is 5.69 Å². The van der Waals surface area contributed by atoms with E-state index in [1.54, 1.807) is 18.2 Å². The van der Waals surface area contributed by atoms with Gasteiger partial charge in [-0.3, -0.25) is 4.98 Å². The Labute approximate surface area is 147 Å². The molecule has 3 aromatic rings. The van der Waals surface area contributed by atoms with E-state index < -0.39 is 5.97 Å². The summed E-state index contributed by atoms with van der Waals surface area (Å²) in [5, 5.41) is 19.1. The number of rotatable bonds is 4. The van der Waals surface area contributed by atoms with Gasteiger partial charge in [0.05, 0.1) is 22.8 Å². The van der Waals surface area contributed by atoms with Crippen molar-refractivity contribution in [1.29, 1.82) is 0 Å². The van der Waals surface area contributed by atoms with Crippen molar-refractivity contribution in [3.05, 3.63) is 57.6 Å². The van der Waals surface area contributed by atoms with Crippen molar-refractivity contribution in [2.24, 2.45) is 0 Å². The van der Waals surface area contributed by atoms with E-state index in [0.717, 1.165) is 0 Å². The molecule has 0 saturated heterocycles. The maximum absolute atomic E-state index is 11.4. The number of ether oxygens (including phenoxy) is 1. The third-order valence-electron chi connectivity index (χ3n) is 3.56. The quantitative estimate of drug-likeness (QED) is 0.761. The fourth-order valence-electron chi connectivity index (χ4n) is 2.38. The summed E-state index contributed by atoms with van der Waals surface area (Å²) in [7, 11) is 1.51. The Hall–Kier alpha value is -2.44. The minimum atomic E-state index is -1.16. The van der Waals surface area contributed by atoms with Gasteiger partial charge in [0.15, 0.2) is 5.69 Å². The molecule has 0 radical (unpaired) electrons. The van der Waals surface area contributed by atoms with Gasteiger partial charge in [0.1, 0.15) is 5.75 Å². The van der Waals surface area contributed by atoms with E-state index in [0.29, 0.717) is 44.2 Å². The summed E-state index contributed by atoms with van der Waals surface area (Å²) < 4.78 is 5.16. The number of aromatic nitrogens is 3. The summed E-state index contributed by atoms with van der Waals surface area (Å²) >= 11 is 12.3. The van der Waals surface area contributed by atoms with Crippen LogP contribution in [0, 0.1) is 0 Å². The maximum atomic E-state index is 11.4. The lowest BCUT2D eigenvalue weighted by atomic mass is 10.0. The number of carboxylic acid groups (broad SMARTS) is 1. The van der Waals surface area contributed by atoms with Crippen LogP contribution < -0.4 is 4.74 Å². The first-order chi connectivity index (χ1) is 11.5. The van der Waals surface area contributed by atoms with Crippen LogP contribution >= 0.6 is 23.2 Å². The summed E-state index contributed by atoms with van der Waals surface area (Å²) in [6.07, 6.45) is 3.29. The Kier molecular flexibility index (Phi) is 4.51. The molecular formula is C16H11Cl2N3O3. The molecule has 0 aliphatic heterocycles. The predicted octanol–water partition coefficient (Wildman–Crippen LogP) is 3.63. The molecule has 0 amide bonds. The molecule has 0 saturated carbocycles. The zero-order chi connectivity index (χ0) is 17.3. The number of hydrogen-bond acceptors (Lipinski definition) is 5. The third-order valence-corrected chi connectivity index (χ3v) is 4.21. The van der Waals surface area contributed by atoms with E-state index in [4.69, 9.17) is 27.9 Å². The Bertz CT molecular complexity index is 927. The van der Waals surface area contributed by atoms with Crippen molar-refractivity contribution in [2.45, 2.75) is 6.42 Å². The number of fused-ring (bicyclic) bond motifs is 1. The molecule has 24 heavy (non-hydrogen) atoms. The maximum Gasteiger partial charge on any atom is 0.357 e. The van der Waals surface area contributed by atoms with Crippen molar-refractivity contribution in [1.82, 2.24) is 15.2 Å². The molecule has 8 heteroatoms. The molecule has 0 spiro atoms. The first-order valence-electron chi connectivity index (χ1n) is 6.85. The van der Waals surface area contributed by atoms with Crippen molar-refractivity contribution < 1.29 is 14.6 Å². The first kappa shape index (κ1) is 16.4. The summed E-state index contributed by atoms with van der Waals surface area (Å²) in [6.45, 7) is 0. The molecule has 0 bridgehead atoms. The van der Waals surface area contributed by atoms with E-state index in [2.05, 4.69) is 15.2 Å². The molecule has 2 heterocycles. The average molecular weight is 364 g/mol. The highest BCUT2D eigenvalue weighted by molar-refractivity contribution is 6.35. The lowest BCUT2D eigenvalue weighted by Crippen LogP contribution is -2.07. The standard InChI is InChI=1S/C16H11Cl2N3O3/c1-24-8-2-3-9-10(4-8)15(16(22)23)21-20-14(9)5-11-12(17)6-19-7-13(11)18/h2-4,6-7H,5H2,1H3,(H,22,23). The SMILES string of the molecule is COc1ccc2c(Cc3c(Cl)cncc3Cl)nnc(C(=O)O)c2c1. The summed E-state index contributed by atoms with van der Waals surface area (Å²) in [4.78, 5) is 15.3. The monoisotopic (exact) mass is 363 g/mol. The number of carboxylic acids is 1. The second-order valence-corrected chi connectivity index (χ2v) is 5.78. The van der Waals surface area contributed by atoms with Gasteiger partial charge < -0.3 is 9.84 Å². The number of benzene rings is 1. The number of nitrogens with zero attached hydrogens (tertiary/aromatic N) is 3. The number of pyridine rings is 1. The molecule has 0 aliphatic carbocycles. The number of methoxy groups -OCH3 is 1. The molecular weight excluding hydrogens is 353 g/mol. The zero-order valence-corrected chi connectivity index (χ0v) is 14.0. The Morgan fingerprint density at radius 3 is 2.50 bits per heavy atom. The highest BCUT2D eigenvalue weighted by atomic mass is 35.5. The van der Waals surface area contributed by atoms with Gasteiger partial charge in [0.2, 0.25) is 0 Å². The van der Waals surface area contributed by atoms with Gasteiger partial charge in [-0.25, -0.2) is 4.79 Å². The van der Waals surface area contributed by atoms with Crippen LogP contribution in [-0.4, -0.2) is 33.4 Å². The molecule has 0 unspecified atom stereocenters. The number of hydrogen-bond donors (Lipinski definition) is 1. The number of carbonyl (C=O) groups is 1. The van der Waals surface area contributed by atoms with Crippen LogP contribution in [0.1, 0.15) is 21.7 Å². The van der Waals surface area contributed by atoms with Crippen molar-refractivity contribution >= 4 is 39.9 Å². The minimum Gasteiger partial charge on any atom is -0.497 e. The molecule has 0 atom stereocenters.